The topological polar surface area (TPSA) is 85.0 Å². The van der Waals surface area contributed by atoms with E-state index in [1.165, 1.54) is 23.9 Å². The Morgan fingerprint density at radius 2 is 2.29 bits per heavy atom. The number of esters is 1. The first-order valence-corrected chi connectivity index (χ1v) is 8.23. The van der Waals surface area contributed by atoms with Gasteiger partial charge in [0.2, 0.25) is 0 Å². The Bertz CT molecular complexity index is 800. The summed E-state index contributed by atoms with van der Waals surface area (Å²) in [5.74, 6) is -0.459. The summed E-state index contributed by atoms with van der Waals surface area (Å²) in [5.41, 5.74) is 1.58. The molecule has 0 amide bonds. The summed E-state index contributed by atoms with van der Waals surface area (Å²) < 4.78 is 5.17. The molecule has 0 spiro atoms. The van der Waals surface area contributed by atoms with E-state index in [4.69, 9.17) is 4.74 Å². The Kier molecular flexibility index (Phi) is 4.39. The molecule has 2 heterocycles. The number of rotatable bonds is 4. The predicted octanol–water partition coefficient (Wildman–Crippen LogP) is 3.36. The Morgan fingerprint density at radius 1 is 1.50 bits per heavy atom. The summed E-state index contributed by atoms with van der Waals surface area (Å²) >= 11 is 1.44. The van der Waals surface area contributed by atoms with Crippen LogP contribution in [0.3, 0.4) is 0 Å². The van der Waals surface area contributed by atoms with Crippen LogP contribution in [0.25, 0.3) is 0 Å². The van der Waals surface area contributed by atoms with E-state index in [1.807, 2.05) is 16.5 Å². The Morgan fingerprint density at radius 3 is 3.00 bits per heavy atom. The van der Waals surface area contributed by atoms with Crippen LogP contribution < -0.4 is 0 Å². The van der Waals surface area contributed by atoms with E-state index in [1.54, 1.807) is 26.0 Å². The lowest BCUT2D eigenvalue weighted by Crippen LogP contribution is -2.34. The molecule has 7 nitrogen and oxygen atoms in total. The number of carbonyl (C=O) groups excluding carboxylic acids is 1. The lowest BCUT2D eigenvalue weighted by molar-refractivity contribution is -0.384. The third kappa shape index (κ3) is 2.80. The molecule has 1 atom stereocenters. The van der Waals surface area contributed by atoms with Crippen molar-refractivity contribution < 1.29 is 14.5 Å². The van der Waals surface area contributed by atoms with Gasteiger partial charge in [-0.25, -0.2) is 9.79 Å². The van der Waals surface area contributed by atoms with Crippen molar-refractivity contribution >= 4 is 28.6 Å². The number of fused-ring (bicyclic) bond motifs is 1. The van der Waals surface area contributed by atoms with Crippen molar-refractivity contribution in [3.63, 3.8) is 0 Å². The first-order valence-electron chi connectivity index (χ1n) is 7.35. The molecule has 0 saturated carbocycles. The van der Waals surface area contributed by atoms with Crippen LogP contribution >= 0.6 is 11.8 Å². The molecule has 2 aliphatic rings. The van der Waals surface area contributed by atoms with Crippen LogP contribution in [-0.4, -0.2) is 27.6 Å². The summed E-state index contributed by atoms with van der Waals surface area (Å²) in [6.07, 6.45) is 1.82. The van der Waals surface area contributed by atoms with E-state index in [9.17, 15) is 14.9 Å². The molecule has 0 fully saturated rings. The van der Waals surface area contributed by atoms with E-state index in [0.29, 0.717) is 16.8 Å². The number of hydrogen-bond donors (Lipinski definition) is 0. The van der Waals surface area contributed by atoms with E-state index < -0.39 is 16.9 Å². The second-order valence-corrected chi connectivity index (χ2v) is 6.05. The second-order valence-electron chi connectivity index (χ2n) is 5.18. The quantitative estimate of drug-likeness (QED) is 0.472. The van der Waals surface area contributed by atoms with Gasteiger partial charge in [-0.05, 0) is 24.8 Å². The average molecular weight is 345 g/mol. The number of aliphatic imine (C=N–C) groups is 1. The molecule has 1 aromatic carbocycles. The summed E-state index contributed by atoms with van der Waals surface area (Å²) in [7, 11) is 0. The zero-order chi connectivity index (χ0) is 17.3. The van der Waals surface area contributed by atoms with Gasteiger partial charge in [0.15, 0.2) is 5.17 Å². The molecule has 2 aliphatic heterocycles. The highest BCUT2D eigenvalue weighted by atomic mass is 32.2. The minimum absolute atomic E-state index is 0.0201. The van der Waals surface area contributed by atoms with Crippen molar-refractivity contribution in [1.82, 2.24) is 4.90 Å². The molecule has 0 unspecified atom stereocenters. The van der Waals surface area contributed by atoms with Gasteiger partial charge in [-0.2, -0.15) is 0 Å². The minimum atomic E-state index is -0.498. The number of hydrogen-bond acceptors (Lipinski definition) is 7. The number of nitrogens with zero attached hydrogens (tertiary/aromatic N) is 3. The monoisotopic (exact) mass is 345 g/mol. The molecule has 8 heteroatoms. The number of nitro groups is 1. The van der Waals surface area contributed by atoms with Crippen LogP contribution in [0.15, 0.2) is 52.1 Å². The van der Waals surface area contributed by atoms with Crippen LogP contribution in [0.4, 0.5) is 5.69 Å². The molecule has 0 saturated heterocycles. The van der Waals surface area contributed by atoms with Crippen molar-refractivity contribution in [3.05, 3.63) is 62.8 Å². The Balaban J connectivity index is 2.12. The van der Waals surface area contributed by atoms with Gasteiger partial charge in [-0.1, -0.05) is 23.9 Å². The third-order valence-electron chi connectivity index (χ3n) is 3.71. The molecule has 3 rings (SSSR count). The van der Waals surface area contributed by atoms with Crippen molar-refractivity contribution in [3.8, 4) is 0 Å². The molecule has 0 bridgehead atoms. The van der Waals surface area contributed by atoms with Crippen LogP contribution in [0.2, 0.25) is 0 Å². The van der Waals surface area contributed by atoms with Gasteiger partial charge in [0.1, 0.15) is 0 Å². The molecular formula is C16H15N3O4S. The van der Waals surface area contributed by atoms with E-state index >= 15 is 0 Å². The fraction of sp³-hybridized carbons (Fsp3) is 0.250. The zero-order valence-electron chi connectivity index (χ0n) is 13.1. The van der Waals surface area contributed by atoms with Crippen molar-refractivity contribution in [2.75, 3.05) is 6.61 Å². The van der Waals surface area contributed by atoms with Gasteiger partial charge in [0.05, 0.1) is 28.8 Å². The third-order valence-corrected chi connectivity index (χ3v) is 4.48. The van der Waals surface area contributed by atoms with Gasteiger partial charge in [-0.15, -0.1) is 0 Å². The number of carbonyl (C=O) groups is 1. The fourth-order valence-corrected chi connectivity index (χ4v) is 3.50. The molecular weight excluding hydrogens is 330 g/mol. The molecule has 0 N–H and O–H groups in total. The maximum Gasteiger partial charge on any atom is 0.338 e. The zero-order valence-corrected chi connectivity index (χ0v) is 13.9. The summed E-state index contributed by atoms with van der Waals surface area (Å²) in [4.78, 5) is 29.4. The van der Waals surface area contributed by atoms with E-state index in [2.05, 4.69) is 4.99 Å². The molecule has 0 aliphatic carbocycles. The second kappa shape index (κ2) is 6.48. The Labute approximate surface area is 142 Å². The molecule has 0 radical (unpaired) electrons. The highest BCUT2D eigenvalue weighted by Crippen LogP contribution is 2.41. The standard InChI is InChI=1S/C16H15N3O4S/c1-3-23-15(20)13-10(2)17-16-18(7-8-24-16)14(13)11-5-4-6-12(9-11)19(21)22/h4-9,14H,3H2,1-2H3/t14-/m0/s1. The lowest BCUT2D eigenvalue weighted by Gasteiger charge is -2.33. The normalized spacial score (nSPS) is 19.2. The Hall–Kier alpha value is -2.61. The fourth-order valence-electron chi connectivity index (χ4n) is 2.71. The van der Waals surface area contributed by atoms with Gasteiger partial charge in [0.25, 0.3) is 5.69 Å². The summed E-state index contributed by atoms with van der Waals surface area (Å²) in [6, 6.07) is 5.80. The van der Waals surface area contributed by atoms with Crippen LogP contribution in [-0.2, 0) is 9.53 Å². The largest absolute Gasteiger partial charge is 0.463 e. The molecule has 1 aromatic rings. The number of amidine groups is 1. The molecule has 24 heavy (non-hydrogen) atoms. The smallest absolute Gasteiger partial charge is 0.338 e. The average Bonchev–Trinajstić information content (AvgIpc) is 3.01. The molecule has 0 aromatic heterocycles. The predicted molar refractivity (Wildman–Crippen MR) is 91.2 cm³/mol. The van der Waals surface area contributed by atoms with Gasteiger partial charge >= 0.3 is 5.97 Å². The van der Waals surface area contributed by atoms with Crippen molar-refractivity contribution in [2.24, 2.45) is 4.99 Å². The van der Waals surface area contributed by atoms with Gasteiger partial charge in [-0.3, -0.25) is 10.1 Å². The molecule has 124 valence electrons. The number of allylic oxidation sites excluding steroid dienone is 1. The first-order chi connectivity index (χ1) is 11.5. The van der Waals surface area contributed by atoms with Crippen LogP contribution in [0, 0.1) is 10.1 Å². The summed E-state index contributed by atoms with van der Waals surface area (Å²) in [5, 5.41) is 13.7. The van der Waals surface area contributed by atoms with Crippen molar-refractivity contribution in [2.45, 2.75) is 19.9 Å². The van der Waals surface area contributed by atoms with Gasteiger partial charge in [0, 0.05) is 18.3 Å². The van der Waals surface area contributed by atoms with Crippen LogP contribution in [0.1, 0.15) is 25.5 Å². The van der Waals surface area contributed by atoms with Gasteiger partial charge < -0.3 is 9.64 Å². The SMILES string of the molecule is CCOC(=O)C1=C(C)N=C2SC=CN2[C@H]1c1cccc([N+](=O)[O-])c1. The van der Waals surface area contributed by atoms with E-state index in [0.717, 1.165) is 5.17 Å². The summed E-state index contributed by atoms with van der Waals surface area (Å²) in [6.45, 7) is 3.73. The minimum Gasteiger partial charge on any atom is -0.463 e. The lowest BCUT2D eigenvalue weighted by atomic mass is 9.94. The van der Waals surface area contributed by atoms with Crippen molar-refractivity contribution in [1.29, 1.82) is 0 Å². The number of thioether (sulfide) groups is 1. The number of non-ortho nitro benzene ring substituents is 1. The van der Waals surface area contributed by atoms with E-state index in [-0.39, 0.29) is 12.3 Å². The number of ether oxygens (including phenoxy) is 1. The highest BCUT2D eigenvalue weighted by Gasteiger charge is 2.37. The maximum absolute atomic E-state index is 12.5. The first kappa shape index (κ1) is 16.3. The maximum atomic E-state index is 12.5. The number of nitro benzene ring substituents is 1. The highest BCUT2D eigenvalue weighted by molar-refractivity contribution is 8.16. The number of benzene rings is 1. The van der Waals surface area contributed by atoms with Crippen LogP contribution in [0.5, 0.6) is 0 Å².